The number of hydrogen-bond donors (Lipinski definition) is 2. The molecule has 4 nitrogen and oxygen atoms in total. The predicted octanol–water partition coefficient (Wildman–Crippen LogP) is 2.73. The van der Waals surface area contributed by atoms with Crippen LogP contribution in [-0.4, -0.2) is 55.4 Å². The van der Waals surface area contributed by atoms with Crippen molar-refractivity contribution in [1.82, 2.24) is 10.2 Å². The van der Waals surface area contributed by atoms with Gasteiger partial charge in [-0.25, -0.2) is 0 Å². The highest BCUT2D eigenvalue weighted by Gasteiger charge is 2.22. The lowest BCUT2D eigenvalue weighted by Crippen LogP contribution is -2.45. The quantitative estimate of drug-likeness (QED) is 0.801. The molecular weight excluding hydrogens is 310 g/mol. The third-order valence-corrected chi connectivity index (χ3v) is 5.36. The average molecular weight is 340 g/mol. The van der Waals surface area contributed by atoms with Gasteiger partial charge in [-0.3, -0.25) is 0 Å². The summed E-state index contributed by atoms with van der Waals surface area (Å²) in [6, 6.07) is 6.12. The molecule has 1 aliphatic rings. The van der Waals surface area contributed by atoms with Gasteiger partial charge < -0.3 is 20.2 Å². The van der Waals surface area contributed by atoms with Crippen molar-refractivity contribution in [2.24, 2.45) is 0 Å². The molecule has 1 saturated heterocycles. The summed E-state index contributed by atoms with van der Waals surface area (Å²) in [4.78, 5) is 4.76. The molecule has 0 saturated carbocycles. The molecule has 0 unspecified atom stereocenters. The summed E-state index contributed by atoms with van der Waals surface area (Å²) >= 11 is 6.46. The SMILES string of the molecule is CCC(O)(CC)CNCc1c(Cl)cccc1N1CCN(C)CC1. The Balaban J connectivity index is 2.06. The second-order valence-corrected chi connectivity index (χ2v) is 6.97. The van der Waals surface area contributed by atoms with E-state index in [1.165, 1.54) is 5.69 Å². The first-order valence-corrected chi connectivity index (χ1v) is 9.01. The van der Waals surface area contributed by atoms with Crippen molar-refractivity contribution < 1.29 is 5.11 Å². The van der Waals surface area contributed by atoms with Crippen molar-refractivity contribution >= 4 is 17.3 Å². The topological polar surface area (TPSA) is 38.7 Å². The van der Waals surface area contributed by atoms with E-state index in [-0.39, 0.29) is 0 Å². The number of likely N-dealkylation sites (N-methyl/N-ethyl adjacent to an activating group) is 1. The van der Waals surface area contributed by atoms with Gasteiger partial charge in [0.1, 0.15) is 0 Å². The second-order valence-electron chi connectivity index (χ2n) is 6.56. The smallest absolute Gasteiger partial charge is 0.0766 e. The Morgan fingerprint density at radius 3 is 2.43 bits per heavy atom. The minimum Gasteiger partial charge on any atom is -0.389 e. The first-order chi connectivity index (χ1) is 11.0. The molecule has 0 aliphatic carbocycles. The van der Waals surface area contributed by atoms with E-state index in [4.69, 9.17) is 11.6 Å². The molecule has 0 amide bonds. The van der Waals surface area contributed by atoms with Crippen molar-refractivity contribution in [2.75, 3.05) is 44.7 Å². The maximum absolute atomic E-state index is 10.4. The summed E-state index contributed by atoms with van der Waals surface area (Å²) in [6.07, 6.45) is 1.51. The lowest BCUT2D eigenvalue weighted by atomic mass is 9.97. The largest absolute Gasteiger partial charge is 0.389 e. The molecule has 0 spiro atoms. The second kappa shape index (κ2) is 8.34. The molecule has 1 aliphatic heterocycles. The third-order valence-electron chi connectivity index (χ3n) is 5.01. The van der Waals surface area contributed by atoms with E-state index in [9.17, 15) is 5.11 Å². The first-order valence-electron chi connectivity index (χ1n) is 8.63. The average Bonchev–Trinajstić information content (AvgIpc) is 2.57. The van der Waals surface area contributed by atoms with Gasteiger partial charge in [-0.05, 0) is 32.0 Å². The van der Waals surface area contributed by atoms with Gasteiger partial charge in [0.05, 0.1) is 5.60 Å². The molecule has 1 heterocycles. The van der Waals surface area contributed by atoms with E-state index >= 15 is 0 Å². The van der Waals surface area contributed by atoms with Crippen LogP contribution in [0.5, 0.6) is 0 Å². The zero-order valence-corrected chi connectivity index (χ0v) is 15.4. The molecular formula is C18H30ClN3O. The number of nitrogens with one attached hydrogen (secondary N) is 1. The number of benzene rings is 1. The van der Waals surface area contributed by atoms with Gasteiger partial charge in [-0.15, -0.1) is 0 Å². The summed E-state index contributed by atoms with van der Waals surface area (Å²) in [5.41, 5.74) is 1.72. The molecule has 23 heavy (non-hydrogen) atoms. The fourth-order valence-electron chi connectivity index (χ4n) is 2.99. The number of piperazine rings is 1. The zero-order chi connectivity index (χ0) is 16.9. The molecule has 0 bridgehead atoms. The molecule has 2 N–H and O–H groups in total. The Morgan fingerprint density at radius 1 is 1.17 bits per heavy atom. The molecule has 0 aromatic heterocycles. The fraction of sp³-hybridized carbons (Fsp3) is 0.667. The highest BCUT2D eigenvalue weighted by molar-refractivity contribution is 6.31. The number of nitrogens with zero attached hydrogens (tertiary/aromatic N) is 2. The van der Waals surface area contributed by atoms with Gasteiger partial charge in [-0.2, -0.15) is 0 Å². The number of anilines is 1. The standard InChI is InChI=1S/C18H30ClN3O/c1-4-18(23,5-2)14-20-13-15-16(19)7-6-8-17(15)22-11-9-21(3)10-12-22/h6-8,20,23H,4-5,9-14H2,1-3H3. The fourth-order valence-corrected chi connectivity index (χ4v) is 3.22. The number of halogens is 1. The Kier molecular flexibility index (Phi) is 6.72. The molecule has 0 atom stereocenters. The summed E-state index contributed by atoms with van der Waals surface area (Å²) in [7, 11) is 2.16. The van der Waals surface area contributed by atoms with Crippen LogP contribution in [0.1, 0.15) is 32.3 Å². The van der Waals surface area contributed by atoms with Crippen molar-refractivity contribution in [1.29, 1.82) is 0 Å². The van der Waals surface area contributed by atoms with Crippen molar-refractivity contribution in [2.45, 2.75) is 38.8 Å². The summed E-state index contributed by atoms with van der Waals surface area (Å²) < 4.78 is 0. The maximum atomic E-state index is 10.4. The van der Waals surface area contributed by atoms with Crippen molar-refractivity contribution in [3.8, 4) is 0 Å². The Bertz CT molecular complexity index is 497. The highest BCUT2D eigenvalue weighted by atomic mass is 35.5. The monoisotopic (exact) mass is 339 g/mol. The molecule has 130 valence electrons. The van der Waals surface area contributed by atoms with Crippen LogP contribution in [-0.2, 0) is 6.54 Å². The highest BCUT2D eigenvalue weighted by Crippen LogP contribution is 2.28. The van der Waals surface area contributed by atoms with Crippen LogP contribution in [0.15, 0.2) is 18.2 Å². The van der Waals surface area contributed by atoms with Crippen LogP contribution in [0.3, 0.4) is 0 Å². The van der Waals surface area contributed by atoms with Crippen LogP contribution in [0, 0.1) is 0 Å². The normalized spacial score (nSPS) is 16.8. The van der Waals surface area contributed by atoms with Crippen molar-refractivity contribution in [3.63, 3.8) is 0 Å². The van der Waals surface area contributed by atoms with Gasteiger partial charge in [0.15, 0.2) is 0 Å². The Labute approximate surface area is 145 Å². The summed E-state index contributed by atoms with van der Waals surface area (Å²) in [6.45, 7) is 9.52. The minimum atomic E-state index is -0.630. The van der Waals surface area contributed by atoms with E-state index in [1.54, 1.807) is 0 Å². The molecule has 5 heteroatoms. The number of rotatable bonds is 7. The molecule has 1 fully saturated rings. The van der Waals surface area contributed by atoms with E-state index < -0.39 is 5.60 Å². The van der Waals surface area contributed by atoms with Gasteiger partial charge >= 0.3 is 0 Å². The lowest BCUT2D eigenvalue weighted by Gasteiger charge is -2.35. The molecule has 1 aromatic rings. The van der Waals surface area contributed by atoms with Crippen LogP contribution < -0.4 is 10.2 Å². The van der Waals surface area contributed by atoms with E-state index in [2.05, 4.69) is 28.2 Å². The zero-order valence-electron chi connectivity index (χ0n) is 14.6. The third kappa shape index (κ3) is 4.83. The Morgan fingerprint density at radius 2 is 1.83 bits per heavy atom. The van der Waals surface area contributed by atoms with Gasteiger partial charge in [0, 0.05) is 55.5 Å². The van der Waals surface area contributed by atoms with E-state index in [0.717, 1.165) is 49.6 Å². The van der Waals surface area contributed by atoms with Gasteiger partial charge in [0.25, 0.3) is 0 Å². The van der Waals surface area contributed by atoms with Crippen LogP contribution in [0.4, 0.5) is 5.69 Å². The van der Waals surface area contributed by atoms with Crippen LogP contribution >= 0.6 is 11.6 Å². The van der Waals surface area contributed by atoms with E-state index in [1.807, 2.05) is 26.0 Å². The van der Waals surface area contributed by atoms with Crippen molar-refractivity contribution in [3.05, 3.63) is 28.8 Å². The number of hydrogen-bond acceptors (Lipinski definition) is 4. The predicted molar refractivity (Wildman–Crippen MR) is 98.4 cm³/mol. The molecule has 1 aromatic carbocycles. The summed E-state index contributed by atoms with van der Waals surface area (Å²) in [5, 5.41) is 14.6. The van der Waals surface area contributed by atoms with Gasteiger partial charge in [0.2, 0.25) is 0 Å². The minimum absolute atomic E-state index is 0.591. The van der Waals surface area contributed by atoms with Crippen LogP contribution in [0.25, 0.3) is 0 Å². The molecule has 0 radical (unpaired) electrons. The molecule has 2 rings (SSSR count). The van der Waals surface area contributed by atoms with E-state index in [0.29, 0.717) is 13.1 Å². The van der Waals surface area contributed by atoms with Crippen LogP contribution in [0.2, 0.25) is 5.02 Å². The lowest BCUT2D eigenvalue weighted by molar-refractivity contribution is 0.0323. The first kappa shape index (κ1) is 18.5. The Hall–Kier alpha value is -0.810. The summed E-state index contributed by atoms with van der Waals surface area (Å²) in [5.74, 6) is 0. The maximum Gasteiger partial charge on any atom is 0.0766 e. The number of aliphatic hydroxyl groups is 1. The van der Waals surface area contributed by atoms with Gasteiger partial charge in [-0.1, -0.05) is 31.5 Å².